The Hall–Kier alpha value is -2.40. The van der Waals surface area contributed by atoms with Crippen LogP contribution < -0.4 is 20.5 Å². The van der Waals surface area contributed by atoms with Gasteiger partial charge in [0.1, 0.15) is 0 Å². The first-order valence-corrected chi connectivity index (χ1v) is 8.39. The monoisotopic (exact) mass is 378 g/mol. The third kappa shape index (κ3) is 5.85. The number of benzene rings is 2. The van der Waals surface area contributed by atoms with Crippen LogP contribution in [0.2, 0.25) is 0 Å². The van der Waals surface area contributed by atoms with E-state index in [1.54, 1.807) is 37.4 Å². The van der Waals surface area contributed by atoms with E-state index in [9.17, 15) is 4.79 Å². The standard InChI is InChI=1S/C20H26N2O3.ClH/c1-13(2)9-10-25-18-8-6-15(11-19(18)24-4)20(23)22-17-12-16(21)7-5-14(17)3;/h5-8,11-13H,9-10,21H2,1-4H3,(H,22,23);1H. The average Bonchev–Trinajstić information content (AvgIpc) is 2.58. The van der Waals surface area contributed by atoms with Crippen LogP contribution in [0.4, 0.5) is 11.4 Å². The predicted molar refractivity (Wildman–Crippen MR) is 109 cm³/mol. The Morgan fingerprint density at radius 2 is 1.88 bits per heavy atom. The summed E-state index contributed by atoms with van der Waals surface area (Å²) < 4.78 is 11.1. The molecule has 0 spiro atoms. The van der Waals surface area contributed by atoms with Gasteiger partial charge in [-0.05, 0) is 55.2 Å². The second-order valence-corrected chi connectivity index (χ2v) is 6.43. The van der Waals surface area contributed by atoms with E-state index >= 15 is 0 Å². The number of halogens is 1. The highest BCUT2D eigenvalue weighted by atomic mass is 35.5. The van der Waals surface area contributed by atoms with Gasteiger partial charge in [-0.2, -0.15) is 0 Å². The summed E-state index contributed by atoms with van der Waals surface area (Å²) >= 11 is 0. The third-order valence-electron chi connectivity index (χ3n) is 3.89. The minimum Gasteiger partial charge on any atom is -0.493 e. The second kappa shape index (κ2) is 9.92. The van der Waals surface area contributed by atoms with Crippen LogP contribution >= 0.6 is 12.4 Å². The van der Waals surface area contributed by atoms with E-state index in [0.29, 0.717) is 41.0 Å². The van der Waals surface area contributed by atoms with Gasteiger partial charge in [-0.1, -0.05) is 19.9 Å². The molecule has 0 saturated carbocycles. The number of nitrogen functional groups attached to an aromatic ring is 1. The van der Waals surface area contributed by atoms with E-state index in [1.807, 2.05) is 13.0 Å². The summed E-state index contributed by atoms with van der Waals surface area (Å²) in [5.41, 5.74) is 8.53. The van der Waals surface area contributed by atoms with E-state index in [2.05, 4.69) is 19.2 Å². The summed E-state index contributed by atoms with van der Waals surface area (Å²) in [5.74, 6) is 1.53. The number of methoxy groups -OCH3 is 1. The summed E-state index contributed by atoms with van der Waals surface area (Å²) in [6, 6.07) is 10.6. The number of carbonyl (C=O) groups is 1. The first-order chi connectivity index (χ1) is 11.9. The molecule has 5 nitrogen and oxygen atoms in total. The molecule has 26 heavy (non-hydrogen) atoms. The van der Waals surface area contributed by atoms with Gasteiger partial charge in [0, 0.05) is 16.9 Å². The molecule has 0 atom stereocenters. The Morgan fingerprint density at radius 3 is 2.54 bits per heavy atom. The zero-order chi connectivity index (χ0) is 18.4. The van der Waals surface area contributed by atoms with E-state index in [4.69, 9.17) is 15.2 Å². The SMILES string of the molecule is COc1cc(C(=O)Nc2cc(N)ccc2C)ccc1OCCC(C)C.Cl. The molecular formula is C20H27ClN2O3. The molecule has 3 N–H and O–H groups in total. The number of nitrogens with two attached hydrogens (primary N) is 1. The number of amides is 1. The van der Waals surface area contributed by atoms with Crippen molar-refractivity contribution in [2.75, 3.05) is 24.8 Å². The Kier molecular flexibility index (Phi) is 8.26. The van der Waals surface area contributed by atoms with Crippen molar-refractivity contribution in [1.82, 2.24) is 0 Å². The van der Waals surface area contributed by atoms with Crippen molar-refractivity contribution in [2.24, 2.45) is 5.92 Å². The molecule has 6 heteroatoms. The minimum absolute atomic E-state index is 0. The highest BCUT2D eigenvalue weighted by Gasteiger charge is 2.13. The van der Waals surface area contributed by atoms with Crippen LogP contribution in [0.3, 0.4) is 0 Å². The summed E-state index contributed by atoms with van der Waals surface area (Å²) in [4.78, 5) is 12.5. The topological polar surface area (TPSA) is 73.6 Å². The van der Waals surface area contributed by atoms with Gasteiger partial charge < -0.3 is 20.5 Å². The van der Waals surface area contributed by atoms with Gasteiger partial charge in [0.25, 0.3) is 5.91 Å². The van der Waals surface area contributed by atoms with Crippen molar-refractivity contribution in [1.29, 1.82) is 0 Å². The lowest BCUT2D eigenvalue weighted by Gasteiger charge is -2.14. The van der Waals surface area contributed by atoms with Gasteiger partial charge in [-0.3, -0.25) is 4.79 Å². The number of rotatable bonds is 7. The largest absolute Gasteiger partial charge is 0.493 e. The van der Waals surface area contributed by atoms with Crippen LogP contribution in [0, 0.1) is 12.8 Å². The zero-order valence-corrected chi connectivity index (χ0v) is 16.5. The van der Waals surface area contributed by atoms with Crippen molar-refractivity contribution in [3.05, 3.63) is 47.5 Å². The lowest BCUT2D eigenvalue weighted by atomic mass is 10.1. The van der Waals surface area contributed by atoms with E-state index in [0.717, 1.165) is 12.0 Å². The van der Waals surface area contributed by atoms with Crippen molar-refractivity contribution < 1.29 is 14.3 Å². The zero-order valence-electron chi connectivity index (χ0n) is 15.7. The van der Waals surface area contributed by atoms with Crippen LogP contribution in [0.1, 0.15) is 36.2 Å². The van der Waals surface area contributed by atoms with Crippen LogP contribution in [-0.4, -0.2) is 19.6 Å². The molecule has 0 bridgehead atoms. The van der Waals surface area contributed by atoms with Crippen molar-refractivity contribution in [2.45, 2.75) is 27.2 Å². The molecule has 0 fully saturated rings. The molecule has 0 aliphatic carbocycles. The van der Waals surface area contributed by atoms with Gasteiger partial charge in [0.2, 0.25) is 0 Å². The maximum absolute atomic E-state index is 12.5. The molecule has 0 unspecified atom stereocenters. The van der Waals surface area contributed by atoms with Gasteiger partial charge in [0.15, 0.2) is 11.5 Å². The van der Waals surface area contributed by atoms with Crippen LogP contribution in [0.25, 0.3) is 0 Å². The fraction of sp³-hybridized carbons (Fsp3) is 0.350. The Balaban J connectivity index is 0.00000338. The maximum Gasteiger partial charge on any atom is 0.255 e. The lowest BCUT2D eigenvalue weighted by molar-refractivity contribution is 0.102. The number of aryl methyl sites for hydroxylation is 1. The molecule has 0 aromatic heterocycles. The van der Waals surface area contributed by atoms with Crippen molar-refractivity contribution in [3.63, 3.8) is 0 Å². The third-order valence-corrected chi connectivity index (χ3v) is 3.89. The summed E-state index contributed by atoms with van der Waals surface area (Å²) in [6.45, 7) is 6.82. The van der Waals surface area contributed by atoms with E-state index < -0.39 is 0 Å². The molecule has 142 valence electrons. The fourth-order valence-corrected chi connectivity index (χ4v) is 2.30. The molecule has 2 rings (SSSR count). The molecule has 1 amide bonds. The normalized spacial score (nSPS) is 10.2. The summed E-state index contributed by atoms with van der Waals surface area (Å²) in [7, 11) is 1.56. The molecule has 0 aliphatic heterocycles. The summed E-state index contributed by atoms with van der Waals surface area (Å²) in [5, 5.41) is 2.88. The number of carbonyl (C=O) groups excluding carboxylic acids is 1. The summed E-state index contributed by atoms with van der Waals surface area (Å²) in [6.07, 6.45) is 0.958. The molecule has 0 radical (unpaired) electrons. The van der Waals surface area contributed by atoms with Crippen LogP contribution in [-0.2, 0) is 0 Å². The minimum atomic E-state index is -0.222. The van der Waals surface area contributed by atoms with Crippen LogP contribution in [0.15, 0.2) is 36.4 Å². The van der Waals surface area contributed by atoms with Crippen molar-refractivity contribution >= 4 is 29.7 Å². The molecule has 2 aromatic carbocycles. The lowest BCUT2D eigenvalue weighted by Crippen LogP contribution is -2.13. The van der Waals surface area contributed by atoms with Gasteiger partial charge >= 0.3 is 0 Å². The molecule has 2 aromatic rings. The number of anilines is 2. The highest BCUT2D eigenvalue weighted by molar-refractivity contribution is 6.05. The number of ether oxygens (including phenoxy) is 2. The second-order valence-electron chi connectivity index (χ2n) is 6.43. The van der Waals surface area contributed by atoms with Gasteiger partial charge in [0.05, 0.1) is 13.7 Å². The molecule has 0 saturated heterocycles. The quantitative estimate of drug-likeness (QED) is 0.686. The Labute approximate surface area is 161 Å². The highest BCUT2D eigenvalue weighted by Crippen LogP contribution is 2.29. The smallest absolute Gasteiger partial charge is 0.255 e. The Bertz CT molecular complexity index is 748. The van der Waals surface area contributed by atoms with Gasteiger partial charge in [-0.15, -0.1) is 12.4 Å². The fourth-order valence-electron chi connectivity index (χ4n) is 2.30. The number of nitrogens with one attached hydrogen (secondary N) is 1. The number of hydrogen-bond donors (Lipinski definition) is 2. The van der Waals surface area contributed by atoms with Crippen LogP contribution in [0.5, 0.6) is 11.5 Å². The molecule has 0 aliphatic rings. The first-order valence-electron chi connectivity index (χ1n) is 8.39. The molecular weight excluding hydrogens is 352 g/mol. The average molecular weight is 379 g/mol. The van der Waals surface area contributed by atoms with Gasteiger partial charge in [-0.25, -0.2) is 0 Å². The molecule has 0 heterocycles. The Morgan fingerprint density at radius 1 is 1.15 bits per heavy atom. The number of hydrogen-bond acceptors (Lipinski definition) is 4. The van der Waals surface area contributed by atoms with Crippen molar-refractivity contribution in [3.8, 4) is 11.5 Å². The first kappa shape index (κ1) is 21.6. The van der Waals surface area contributed by atoms with E-state index in [1.165, 1.54) is 0 Å². The predicted octanol–water partition coefficient (Wildman–Crippen LogP) is 4.68. The van der Waals surface area contributed by atoms with E-state index in [-0.39, 0.29) is 18.3 Å². The maximum atomic E-state index is 12.5.